The highest BCUT2D eigenvalue weighted by atomic mass is 16.5. The van der Waals surface area contributed by atoms with Crippen LogP contribution < -0.4 is 10.1 Å². The number of carbonyl (C=O) groups excluding carboxylic acids is 2. The average Bonchev–Trinajstić information content (AvgIpc) is 2.77. The Morgan fingerprint density at radius 2 is 1.72 bits per heavy atom. The summed E-state index contributed by atoms with van der Waals surface area (Å²) in [5, 5.41) is 3.00. The van der Waals surface area contributed by atoms with Crippen LogP contribution in [0.2, 0.25) is 0 Å². The molecule has 0 saturated heterocycles. The zero-order chi connectivity index (χ0) is 23.5. The van der Waals surface area contributed by atoms with Gasteiger partial charge < -0.3 is 15.0 Å². The third kappa shape index (κ3) is 8.03. The van der Waals surface area contributed by atoms with Crippen LogP contribution in [0.15, 0.2) is 48.5 Å². The maximum absolute atomic E-state index is 13.2. The molecule has 0 radical (unpaired) electrons. The van der Waals surface area contributed by atoms with Gasteiger partial charge in [-0.3, -0.25) is 9.59 Å². The summed E-state index contributed by atoms with van der Waals surface area (Å²) in [6.45, 7) is 11.6. The van der Waals surface area contributed by atoms with Crippen LogP contribution in [0.1, 0.15) is 56.7 Å². The molecule has 2 aromatic rings. The van der Waals surface area contributed by atoms with Crippen LogP contribution in [-0.2, 0) is 16.1 Å². The number of amides is 2. The third-order valence-corrected chi connectivity index (χ3v) is 5.50. The van der Waals surface area contributed by atoms with Gasteiger partial charge in [0.25, 0.3) is 0 Å². The number of rotatable bonds is 12. The van der Waals surface area contributed by atoms with Crippen molar-refractivity contribution in [1.29, 1.82) is 0 Å². The molecule has 1 atom stereocenters. The van der Waals surface area contributed by atoms with Crippen molar-refractivity contribution in [2.75, 3.05) is 13.2 Å². The van der Waals surface area contributed by atoms with E-state index in [2.05, 4.69) is 19.2 Å². The Kier molecular flexibility index (Phi) is 10.3. The van der Waals surface area contributed by atoms with Crippen molar-refractivity contribution in [3.05, 3.63) is 65.2 Å². The monoisotopic (exact) mass is 438 g/mol. The van der Waals surface area contributed by atoms with Crippen molar-refractivity contribution in [1.82, 2.24) is 10.2 Å². The van der Waals surface area contributed by atoms with Gasteiger partial charge in [0, 0.05) is 19.5 Å². The van der Waals surface area contributed by atoms with Gasteiger partial charge in [-0.2, -0.15) is 0 Å². The molecular weight excluding hydrogens is 400 g/mol. The van der Waals surface area contributed by atoms with Gasteiger partial charge in [-0.05, 0) is 55.9 Å². The lowest BCUT2D eigenvalue weighted by Gasteiger charge is -2.31. The fraction of sp³-hybridized carbons (Fsp3) is 0.481. The molecule has 174 valence electrons. The van der Waals surface area contributed by atoms with Crippen molar-refractivity contribution in [3.63, 3.8) is 0 Å². The number of hydrogen-bond acceptors (Lipinski definition) is 3. The molecule has 0 aliphatic heterocycles. The molecule has 1 N–H and O–H groups in total. The van der Waals surface area contributed by atoms with E-state index in [1.54, 1.807) is 4.90 Å². The Bertz CT molecular complexity index is 861. The van der Waals surface area contributed by atoms with Crippen molar-refractivity contribution >= 4 is 11.8 Å². The summed E-state index contributed by atoms with van der Waals surface area (Å²) in [5.41, 5.74) is 3.36. The van der Waals surface area contributed by atoms with Gasteiger partial charge in [-0.1, -0.05) is 62.7 Å². The minimum atomic E-state index is -0.487. The minimum Gasteiger partial charge on any atom is -0.494 e. The van der Waals surface area contributed by atoms with Crippen LogP contribution in [0.4, 0.5) is 0 Å². The molecule has 2 rings (SSSR count). The summed E-state index contributed by atoms with van der Waals surface area (Å²) in [7, 11) is 0. The number of nitrogens with zero attached hydrogens (tertiary/aromatic N) is 1. The van der Waals surface area contributed by atoms with Gasteiger partial charge in [0.2, 0.25) is 11.8 Å². The quantitative estimate of drug-likeness (QED) is 0.472. The fourth-order valence-electron chi connectivity index (χ4n) is 3.50. The number of hydrogen-bond donors (Lipinski definition) is 1. The second-order valence-electron chi connectivity index (χ2n) is 8.78. The molecule has 0 spiro atoms. The van der Waals surface area contributed by atoms with Crippen molar-refractivity contribution in [3.8, 4) is 5.75 Å². The summed E-state index contributed by atoms with van der Waals surface area (Å²) in [5.74, 6) is 1.06. The van der Waals surface area contributed by atoms with Crippen LogP contribution in [-0.4, -0.2) is 35.9 Å². The van der Waals surface area contributed by atoms with Crippen LogP contribution in [0.25, 0.3) is 0 Å². The third-order valence-electron chi connectivity index (χ3n) is 5.50. The molecule has 2 amide bonds. The lowest BCUT2D eigenvalue weighted by Crippen LogP contribution is -2.49. The molecule has 0 bridgehead atoms. The Hall–Kier alpha value is -2.82. The molecule has 0 fully saturated rings. The van der Waals surface area contributed by atoms with E-state index in [0.717, 1.165) is 16.9 Å². The van der Waals surface area contributed by atoms with E-state index in [9.17, 15) is 9.59 Å². The van der Waals surface area contributed by atoms with Gasteiger partial charge in [0.05, 0.1) is 6.61 Å². The first-order chi connectivity index (χ1) is 15.3. The Balaban J connectivity index is 2.05. The maximum atomic E-state index is 13.2. The molecule has 2 aromatic carbocycles. The highest BCUT2D eigenvalue weighted by Gasteiger charge is 2.28. The highest BCUT2D eigenvalue weighted by molar-refractivity contribution is 5.87. The van der Waals surface area contributed by atoms with Gasteiger partial charge >= 0.3 is 0 Å². The zero-order valence-electron chi connectivity index (χ0n) is 20.2. The zero-order valence-corrected chi connectivity index (χ0v) is 20.2. The molecule has 0 heterocycles. The molecular formula is C27H38N2O3. The number of aryl methyl sites for hydroxylation is 2. The van der Waals surface area contributed by atoms with E-state index in [1.165, 1.54) is 5.56 Å². The second-order valence-corrected chi connectivity index (χ2v) is 8.78. The van der Waals surface area contributed by atoms with E-state index >= 15 is 0 Å². The van der Waals surface area contributed by atoms with Crippen molar-refractivity contribution < 1.29 is 14.3 Å². The molecule has 0 saturated carbocycles. The number of benzene rings is 2. The van der Waals surface area contributed by atoms with E-state index in [1.807, 2.05) is 69.3 Å². The summed E-state index contributed by atoms with van der Waals surface area (Å²) in [6, 6.07) is 15.4. The van der Waals surface area contributed by atoms with Crippen LogP contribution >= 0.6 is 0 Å². The summed E-state index contributed by atoms with van der Waals surface area (Å²) in [4.78, 5) is 27.9. The molecule has 5 heteroatoms. The largest absolute Gasteiger partial charge is 0.494 e. The molecule has 0 aromatic heterocycles. The Labute approximate surface area is 193 Å². The standard InChI is InChI=1S/C27H38N2O3/c1-6-25(27(31)28-18-20(2)3)29(19-23-11-8-7-10-22(23)5)26(30)12-9-17-32-24-15-13-21(4)14-16-24/h7-8,10-11,13-16,20,25H,6,9,12,17-19H2,1-5H3,(H,28,31)/t25-/m1/s1. The predicted molar refractivity (Wildman–Crippen MR) is 130 cm³/mol. The first kappa shape index (κ1) is 25.4. The number of carbonyl (C=O) groups is 2. The van der Waals surface area contributed by atoms with Gasteiger partial charge in [-0.15, -0.1) is 0 Å². The van der Waals surface area contributed by atoms with E-state index in [4.69, 9.17) is 4.74 Å². The van der Waals surface area contributed by atoms with Crippen LogP contribution in [0, 0.1) is 19.8 Å². The predicted octanol–water partition coefficient (Wildman–Crippen LogP) is 5.04. The molecule has 0 aliphatic carbocycles. The normalized spacial score (nSPS) is 11.8. The fourth-order valence-corrected chi connectivity index (χ4v) is 3.50. The highest BCUT2D eigenvalue weighted by Crippen LogP contribution is 2.17. The lowest BCUT2D eigenvalue weighted by molar-refractivity contribution is -0.141. The van der Waals surface area contributed by atoms with Crippen LogP contribution in [0.3, 0.4) is 0 Å². The van der Waals surface area contributed by atoms with Crippen LogP contribution in [0.5, 0.6) is 5.75 Å². The molecule has 5 nitrogen and oxygen atoms in total. The first-order valence-electron chi connectivity index (χ1n) is 11.6. The number of ether oxygens (including phenoxy) is 1. The molecule has 0 aliphatic rings. The van der Waals surface area contributed by atoms with Gasteiger partial charge in [-0.25, -0.2) is 0 Å². The molecule has 0 unspecified atom stereocenters. The smallest absolute Gasteiger partial charge is 0.242 e. The van der Waals surface area contributed by atoms with E-state index in [0.29, 0.717) is 44.9 Å². The van der Waals surface area contributed by atoms with Gasteiger partial charge in [0.15, 0.2) is 0 Å². The minimum absolute atomic E-state index is 0.0210. The summed E-state index contributed by atoms with van der Waals surface area (Å²) in [6.07, 6.45) is 1.51. The SMILES string of the molecule is CC[C@H](C(=O)NCC(C)C)N(Cc1ccccc1C)C(=O)CCCOc1ccc(C)cc1. The lowest BCUT2D eigenvalue weighted by atomic mass is 10.0. The van der Waals surface area contributed by atoms with Crippen molar-refractivity contribution in [2.45, 2.75) is 66.5 Å². The summed E-state index contributed by atoms with van der Waals surface area (Å²) >= 11 is 0. The Morgan fingerprint density at radius 3 is 2.34 bits per heavy atom. The Morgan fingerprint density at radius 1 is 1.03 bits per heavy atom. The first-order valence-corrected chi connectivity index (χ1v) is 11.6. The second kappa shape index (κ2) is 12.9. The maximum Gasteiger partial charge on any atom is 0.242 e. The average molecular weight is 439 g/mol. The number of nitrogens with one attached hydrogen (secondary N) is 1. The topological polar surface area (TPSA) is 58.6 Å². The van der Waals surface area contributed by atoms with E-state index in [-0.39, 0.29) is 11.8 Å². The summed E-state index contributed by atoms with van der Waals surface area (Å²) < 4.78 is 5.78. The molecule has 32 heavy (non-hydrogen) atoms. The van der Waals surface area contributed by atoms with Gasteiger partial charge in [0.1, 0.15) is 11.8 Å². The van der Waals surface area contributed by atoms with E-state index < -0.39 is 6.04 Å². The van der Waals surface area contributed by atoms with Crippen molar-refractivity contribution in [2.24, 2.45) is 5.92 Å².